The van der Waals surface area contributed by atoms with Gasteiger partial charge in [-0.05, 0) is 11.7 Å². The Morgan fingerprint density at radius 2 is 2.38 bits per heavy atom. The van der Waals surface area contributed by atoms with Crippen LogP contribution in [-0.2, 0) is 4.79 Å². The fourth-order valence-corrected chi connectivity index (χ4v) is 0.461. The first-order valence-electron chi connectivity index (χ1n) is 2.53. The molecule has 0 saturated carbocycles. The van der Waals surface area contributed by atoms with Crippen molar-refractivity contribution < 1.29 is 9.90 Å². The van der Waals surface area contributed by atoms with Gasteiger partial charge in [0.1, 0.15) is 0 Å². The molecular formula is C5H10O2S. The van der Waals surface area contributed by atoms with E-state index < -0.39 is 5.97 Å². The molecule has 3 heteroatoms. The minimum atomic E-state index is -0.745. The van der Waals surface area contributed by atoms with Crippen LogP contribution in [0.3, 0.4) is 0 Å². The highest BCUT2D eigenvalue weighted by Crippen LogP contribution is 2.01. The van der Waals surface area contributed by atoms with E-state index in [1.165, 1.54) is 0 Å². The van der Waals surface area contributed by atoms with Crippen LogP contribution in [0.1, 0.15) is 19.8 Å². The molecule has 0 aromatic rings. The molecule has 0 aromatic carbocycles. The van der Waals surface area contributed by atoms with Crippen LogP contribution in [0, 0.1) is 0 Å². The van der Waals surface area contributed by atoms with Crippen molar-refractivity contribution in [2.75, 3.05) is 0 Å². The Kier molecular flexibility index (Phi) is 3.69. The molecule has 0 saturated heterocycles. The van der Waals surface area contributed by atoms with Crippen molar-refractivity contribution in [3.8, 4) is 0 Å². The Morgan fingerprint density at radius 3 is 2.50 bits per heavy atom. The maximum atomic E-state index is 9.87. The molecule has 0 amide bonds. The molecule has 0 aliphatic rings. The van der Waals surface area contributed by atoms with Crippen LogP contribution in [-0.4, -0.2) is 16.3 Å². The van der Waals surface area contributed by atoms with Crippen molar-refractivity contribution in [1.82, 2.24) is 0 Å². The molecule has 0 radical (unpaired) electrons. The third-order valence-electron chi connectivity index (χ3n) is 0.776. The van der Waals surface area contributed by atoms with Crippen molar-refractivity contribution in [2.45, 2.75) is 25.0 Å². The lowest BCUT2D eigenvalue weighted by Gasteiger charge is -1.96. The number of aliphatic carboxylic acids is 1. The van der Waals surface area contributed by atoms with Crippen molar-refractivity contribution in [2.24, 2.45) is 0 Å². The molecule has 0 heterocycles. The van der Waals surface area contributed by atoms with E-state index in [0.29, 0.717) is 6.42 Å². The van der Waals surface area contributed by atoms with Crippen molar-refractivity contribution in [1.29, 1.82) is 0 Å². The van der Waals surface area contributed by atoms with Gasteiger partial charge in [-0.15, -0.1) is 0 Å². The second-order valence-corrected chi connectivity index (χ2v) is 2.66. The molecule has 48 valence electrons. The lowest BCUT2D eigenvalue weighted by atomic mass is 10.2. The number of hydrogen-bond donors (Lipinski definition) is 2. The molecule has 0 aliphatic heterocycles. The lowest BCUT2D eigenvalue weighted by Crippen LogP contribution is -1.98. The van der Waals surface area contributed by atoms with E-state index in [0.717, 1.165) is 0 Å². The SMILES string of the molecule is CC(S)CCC(=O)O. The topological polar surface area (TPSA) is 37.3 Å². The molecule has 0 rings (SSSR count). The first kappa shape index (κ1) is 7.82. The summed E-state index contributed by atoms with van der Waals surface area (Å²) in [6.45, 7) is 1.88. The molecule has 0 fully saturated rings. The van der Waals surface area contributed by atoms with Crippen molar-refractivity contribution in [3.63, 3.8) is 0 Å². The van der Waals surface area contributed by atoms with Gasteiger partial charge >= 0.3 is 5.97 Å². The van der Waals surface area contributed by atoms with E-state index in [9.17, 15) is 4.79 Å². The Labute approximate surface area is 54.3 Å². The van der Waals surface area contributed by atoms with Crippen LogP contribution in [0.4, 0.5) is 0 Å². The van der Waals surface area contributed by atoms with Crippen LogP contribution < -0.4 is 0 Å². The van der Waals surface area contributed by atoms with E-state index in [1.54, 1.807) is 0 Å². The number of thiol groups is 1. The average Bonchev–Trinajstić information content (AvgIpc) is 1.61. The Balaban J connectivity index is 3.05. The number of carboxylic acids is 1. The summed E-state index contributed by atoms with van der Waals surface area (Å²) in [6.07, 6.45) is 0.878. The first-order valence-corrected chi connectivity index (χ1v) is 3.04. The summed E-state index contributed by atoms with van der Waals surface area (Å²) in [6, 6.07) is 0. The molecule has 1 atom stereocenters. The van der Waals surface area contributed by atoms with Gasteiger partial charge in [0.25, 0.3) is 0 Å². The summed E-state index contributed by atoms with van der Waals surface area (Å²) in [5, 5.41) is 8.33. The summed E-state index contributed by atoms with van der Waals surface area (Å²) >= 11 is 4.01. The van der Waals surface area contributed by atoms with Gasteiger partial charge in [0.05, 0.1) is 0 Å². The van der Waals surface area contributed by atoms with E-state index in [4.69, 9.17) is 5.11 Å². The highest BCUT2D eigenvalue weighted by atomic mass is 32.1. The zero-order valence-corrected chi connectivity index (χ0v) is 5.69. The van der Waals surface area contributed by atoms with Gasteiger partial charge in [0.2, 0.25) is 0 Å². The van der Waals surface area contributed by atoms with Gasteiger partial charge < -0.3 is 5.11 Å². The van der Waals surface area contributed by atoms with Crippen LogP contribution in [0.25, 0.3) is 0 Å². The Hall–Kier alpha value is -0.180. The normalized spacial score (nSPS) is 13.2. The molecule has 8 heavy (non-hydrogen) atoms. The summed E-state index contributed by atoms with van der Waals surface area (Å²) in [5.74, 6) is -0.745. The van der Waals surface area contributed by atoms with Crippen molar-refractivity contribution >= 4 is 18.6 Å². The largest absolute Gasteiger partial charge is 0.481 e. The molecule has 2 nitrogen and oxygen atoms in total. The summed E-state index contributed by atoms with van der Waals surface area (Å²) in [7, 11) is 0. The van der Waals surface area contributed by atoms with E-state index in [2.05, 4.69) is 12.6 Å². The quantitative estimate of drug-likeness (QED) is 0.568. The minimum absolute atomic E-state index is 0.200. The predicted molar refractivity (Wildman–Crippen MR) is 35.3 cm³/mol. The summed E-state index contributed by atoms with van der Waals surface area (Å²) in [5.41, 5.74) is 0. The molecule has 0 spiro atoms. The van der Waals surface area contributed by atoms with E-state index in [1.807, 2.05) is 6.92 Å². The fourth-order valence-electron chi connectivity index (χ4n) is 0.332. The summed E-state index contributed by atoms with van der Waals surface area (Å²) < 4.78 is 0. The highest BCUT2D eigenvalue weighted by molar-refractivity contribution is 7.80. The standard InChI is InChI=1S/C5H10O2S/c1-4(8)2-3-5(6)7/h4,8H,2-3H2,1H3,(H,6,7). The number of carboxylic acid groups (broad SMARTS) is 1. The van der Waals surface area contributed by atoms with Gasteiger partial charge in [-0.25, -0.2) is 0 Å². The minimum Gasteiger partial charge on any atom is -0.481 e. The van der Waals surface area contributed by atoms with Crippen LogP contribution >= 0.6 is 12.6 Å². The van der Waals surface area contributed by atoms with Gasteiger partial charge in [-0.1, -0.05) is 6.92 Å². The number of hydrogen-bond acceptors (Lipinski definition) is 2. The maximum Gasteiger partial charge on any atom is 0.303 e. The second-order valence-electron chi connectivity index (χ2n) is 1.78. The summed E-state index contributed by atoms with van der Waals surface area (Å²) in [4.78, 5) is 9.87. The molecule has 1 unspecified atom stereocenters. The third-order valence-corrected chi connectivity index (χ3v) is 1.03. The van der Waals surface area contributed by atoms with Gasteiger partial charge in [0.15, 0.2) is 0 Å². The maximum absolute atomic E-state index is 9.87. The molecule has 0 aliphatic carbocycles. The third kappa shape index (κ3) is 5.82. The predicted octanol–water partition coefficient (Wildman–Crippen LogP) is 1.17. The number of carbonyl (C=O) groups is 1. The number of rotatable bonds is 3. The molecule has 1 N–H and O–H groups in total. The fraction of sp³-hybridized carbons (Fsp3) is 0.800. The Bertz CT molecular complexity index is 80.5. The molecule has 0 bridgehead atoms. The molecular weight excluding hydrogens is 124 g/mol. The monoisotopic (exact) mass is 134 g/mol. The van der Waals surface area contributed by atoms with E-state index in [-0.39, 0.29) is 11.7 Å². The Morgan fingerprint density at radius 1 is 1.88 bits per heavy atom. The smallest absolute Gasteiger partial charge is 0.303 e. The van der Waals surface area contributed by atoms with Crippen LogP contribution in [0.15, 0.2) is 0 Å². The zero-order chi connectivity index (χ0) is 6.57. The highest BCUT2D eigenvalue weighted by Gasteiger charge is 1.98. The van der Waals surface area contributed by atoms with Gasteiger partial charge in [0, 0.05) is 6.42 Å². The first-order chi connectivity index (χ1) is 3.63. The van der Waals surface area contributed by atoms with E-state index >= 15 is 0 Å². The van der Waals surface area contributed by atoms with Crippen molar-refractivity contribution in [3.05, 3.63) is 0 Å². The van der Waals surface area contributed by atoms with Crippen LogP contribution in [0.5, 0.6) is 0 Å². The average molecular weight is 134 g/mol. The van der Waals surface area contributed by atoms with Crippen LogP contribution in [0.2, 0.25) is 0 Å². The van der Waals surface area contributed by atoms with Gasteiger partial charge in [-0.3, -0.25) is 4.79 Å². The second kappa shape index (κ2) is 3.78. The molecule has 0 aromatic heterocycles. The lowest BCUT2D eigenvalue weighted by molar-refractivity contribution is -0.137. The van der Waals surface area contributed by atoms with Gasteiger partial charge in [-0.2, -0.15) is 12.6 Å². The zero-order valence-electron chi connectivity index (χ0n) is 4.79.